The van der Waals surface area contributed by atoms with Crippen molar-refractivity contribution in [1.29, 1.82) is 0 Å². The predicted molar refractivity (Wildman–Crippen MR) is 102 cm³/mol. The van der Waals surface area contributed by atoms with E-state index in [1.165, 1.54) is 31.2 Å². The Morgan fingerprint density at radius 1 is 1.21 bits per heavy atom. The second-order valence-corrected chi connectivity index (χ2v) is 10.4. The summed E-state index contributed by atoms with van der Waals surface area (Å²) in [4.78, 5) is 23.8. The zero-order chi connectivity index (χ0) is 22.0. The fourth-order valence-electron chi connectivity index (χ4n) is 2.71. The highest BCUT2D eigenvalue weighted by molar-refractivity contribution is 7.89. The second kappa shape index (κ2) is 8.61. The molecule has 12 nitrogen and oxygen atoms in total. The first kappa shape index (κ1) is 23.0. The molecule has 0 saturated carbocycles. The summed E-state index contributed by atoms with van der Waals surface area (Å²) in [6, 6.07) is 3.37. The van der Waals surface area contributed by atoms with Crippen molar-refractivity contribution < 1.29 is 31.3 Å². The molecular formula is C15H22N4O8S2. The summed E-state index contributed by atoms with van der Waals surface area (Å²) < 4.78 is 55.4. The number of carbonyl (C=O) groups is 1. The minimum atomic E-state index is -4.01. The number of piperazine rings is 1. The summed E-state index contributed by atoms with van der Waals surface area (Å²) in [6.07, 6.45) is 0.985. The Kier molecular flexibility index (Phi) is 6.82. The van der Waals surface area contributed by atoms with Crippen LogP contribution in [0.1, 0.15) is 0 Å². The van der Waals surface area contributed by atoms with Gasteiger partial charge in [-0.2, -0.15) is 8.61 Å². The van der Waals surface area contributed by atoms with Crippen LogP contribution < -0.4 is 4.74 Å². The SMILES string of the molecule is COc1ccc(S(=O)(=O)N2CCN(C(=O)CN(C)S(C)(=O)=O)CC2)cc1[N+](=O)[O-]. The van der Waals surface area contributed by atoms with Crippen LogP contribution in [0.25, 0.3) is 0 Å². The van der Waals surface area contributed by atoms with Gasteiger partial charge >= 0.3 is 5.69 Å². The molecule has 2 rings (SSSR count). The molecule has 0 radical (unpaired) electrons. The molecule has 1 fully saturated rings. The third-order valence-electron chi connectivity index (χ3n) is 4.50. The molecule has 1 saturated heterocycles. The lowest BCUT2D eigenvalue weighted by Gasteiger charge is -2.34. The van der Waals surface area contributed by atoms with Gasteiger partial charge in [0.25, 0.3) is 0 Å². The number of rotatable bonds is 7. The van der Waals surface area contributed by atoms with E-state index in [2.05, 4.69) is 0 Å². The van der Waals surface area contributed by atoms with Crippen molar-refractivity contribution in [2.24, 2.45) is 0 Å². The van der Waals surface area contributed by atoms with E-state index in [4.69, 9.17) is 4.74 Å². The molecular weight excluding hydrogens is 428 g/mol. The van der Waals surface area contributed by atoms with E-state index < -0.39 is 36.6 Å². The van der Waals surface area contributed by atoms with E-state index in [9.17, 15) is 31.7 Å². The molecule has 162 valence electrons. The highest BCUT2D eigenvalue weighted by atomic mass is 32.2. The Morgan fingerprint density at radius 2 is 1.79 bits per heavy atom. The zero-order valence-electron chi connectivity index (χ0n) is 16.1. The number of hydrogen-bond acceptors (Lipinski definition) is 8. The fraction of sp³-hybridized carbons (Fsp3) is 0.533. The number of hydrogen-bond donors (Lipinski definition) is 0. The van der Waals surface area contributed by atoms with E-state index in [0.717, 1.165) is 20.9 Å². The predicted octanol–water partition coefficient (Wildman–Crippen LogP) is -0.672. The minimum absolute atomic E-state index is 0.0174. The number of likely N-dealkylation sites (N-methyl/N-ethyl adjacent to an activating group) is 1. The lowest BCUT2D eigenvalue weighted by atomic mass is 10.3. The molecule has 0 N–H and O–H groups in total. The lowest BCUT2D eigenvalue weighted by molar-refractivity contribution is -0.386. The number of methoxy groups -OCH3 is 1. The number of ether oxygens (including phenoxy) is 1. The number of amides is 1. The molecule has 0 atom stereocenters. The standard InChI is InChI=1S/C15H22N4O8S2/c1-16(28(3,23)24)11-15(20)17-6-8-18(9-7-17)29(25,26)12-4-5-14(27-2)13(10-12)19(21)22/h4-5,10H,6-9,11H2,1-3H3. The molecule has 1 aromatic carbocycles. The van der Waals surface area contributed by atoms with Crippen LogP contribution >= 0.6 is 0 Å². The van der Waals surface area contributed by atoms with Crippen molar-refractivity contribution in [3.63, 3.8) is 0 Å². The molecule has 1 heterocycles. The van der Waals surface area contributed by atoms with Gasteiger partial charge in [-0.3, -0.25) is 14.9 Å². The van der Waals surface area contributed by atoms with Gasteiger partial charge in [-0.15, -0.1) is 0 Å². The van der Waals surface area contributed by atoms with Gasteiger partial charge in [0, 0.05) is 39.3 Å². The van der Waals surface area contributed by atoms with Gasteiger partial charge in [-0.25, -0.2) is 16.8 Å². The molecule has 0 unspecified atom stereocenters. The lowest BCUT2D eigenvalue weighted by Crippen LogP contribution is -2.52. The summed E-state index contributed by atoms with van der Waals surface area (Å²) in [5.74, 6) is -0.491. The van der Waals surface area contributed by atoms with Gasteiger partial charge in [-0.1, -0.05) is 0 Å². The van der Waals surface area contributed by atoms with E-state index in [-0.39, 0.29) is 43.4 Å². The Morgan fingerprint density at radius 3 is 2.28 bits per heavy atom. The maximum absolute atomic E-state index is 12.8. The summed E-state index contributed by atoms with van der Waals surface area (Å²) >= 11 is 0. The smallest absolute Gasteiger partial charge is 0.312 e. The Bertz CT molecular complexity index is 1000. The molecule has 14 heteroatoms. The summed E-state index contributed by atoms with van der Waals surface area (Å²) in [5, 5.41) is 11.1. The number of benzene rings is 1. The highest BCUT2D eigenvalue weighted by Gasteiger charge is 2.32. The highest BCUT2D eigenvalue weighted by Crippen LogP contribution is 2.30. The Balaban J connectivity index is 2.11. The van der Waals surface area contributed by atoms with Crippen molar-refractivity contribution in [1.82, 2.24) is 13.5 Å². The van der Waals surface area contributed by atoms with Gasteiger partial charge < -0.3 is 9.64 Å². The number of sulfonamides is 2. The first-order valence-corrected chi connectivity index (χ1v) is 11.7. The average Bonchev–Trinajstić information content (AvgIpc) is 2.66. The summed E-state index contributed by atoms with van der Waals surface area (Å²) in [6.45, 7) is -0.217. The van der Waals surface area contributed by atoms with E-state index >= 15 is 0 Å². The van der Waals surface area contributed by atoms with E-state index in [0.29, 0.717) is 0 Å². The van der Waals surface area contributed by atoms with Crippen LogP contribution in [-0.4, -0.2) is 94.3 Å². The van der Waals surface area contributed by atoms with Crippen LogP contribution in [0.3, 0.4) is 0 Å². The maximum Gasteiger partial charge on any atom is 0.312 e. The van der Waals surface area contributed by atoms with Crippen molar-refractivity contribution in [2.75, 3.05) is 53.1 Å². The normalized spacial score (nSPS) is 16.1. The van der Waals surface area contributed by atoms with Crippen LogP contribution in [0.15, 0.2) is 23.1 Å². The van der Waals surface area contributed by atoms with Gasteiger partial charge in [0.2, 0.25) is 26.0 Å². The van der Waals surface area contributed by atoms with Gasteiger partial charge in [0.1, 0.15) is 0 Å². The molecule has 1 aliphatic rings. The second-order valence-electron chi connectivity index (χ2n) is 6.39. The molecule has 0 aromatic heterocycles. The summed E-state index contributed by atoms with van der Waals surface area (Å²) in [5.41, 5.74) is -0.466. The van der Waals surface area contributed by atoms with Gasteiger partial charge in [-0.05, 0) is 12.1 Å². The third-order valence-corrected chi connectivity index (χ3v) is 7.66. The van der Waals surface area contributed by atoms with E-state index in [1.54, 1.807) is 0 Å². The Labute approximate surface area is 168 Å². The molecule has 0 bridgehead atoms. The Hall–Kier alpha value is -2.29. The number of carbonyl (C=O) groups excluding carboxylic acids is 1. The average molecular weight is 450 g/mol. The topological polar surface area (TPSA) is 147 Å². The molecule has 29 heavy (non-hydrogen) atoms. The van der Waals surface area contributed by atoms with Crippen molar-refractivity contribution >= 4 is 31.6 Å². The molecule has 1 aromatic rings. The number of nitro groups is 1. The maximum atomic E-state index is 12.8. The van der Waals surface area contributed by atoms with Crippen LogP contribution in [0.4, 0.5) is 5.69 Å². The number of nitrogens with zero attached hydrogens (tertiary/aromatic N) is 4. The minimum Gasteiger partial charge on any atom is -0.490 e. The van der Waals surface area contributed by atoms with E-state index in [1.807, 2.05) is 0 Å². The quantitative estimate of drug-likeness (QED) is 0.392. The van der Waals surface area contributed by atoms with Gasteiger partial charge in [0.15, 0.2) is 5.75 Å². The van der Waals surface area contributed by atoms with Crippen LogP contribution in [0, 0.1) is 10.1 Å². The molecule has 1 aliphatic heterocycles. The van der Waals surface area contributed by atoms with Crippen LogP contribution in [0.5, 0.6) is 5.75 Å². The monoisotopic (exact) mass is 450 g/mol. The van der Waals surface area contributed by atoms with Gasteiger partial charge in [0.05, 0.1) is 29.7 Å². The van der Waals surface area contributed by atoms with Crippen LogP contribution in [0.2, 0.25) is 0 Å². The largest absolute Gasteiger partial charge is 0.490 e. The van der Waals surface area contributed by atoms with Crippen molar-refractivity contribution in [3.8, 4) is 5.75 Å². The first-order chi connectivity index (χ1) is 13.4. The summed E-state index contributed by atoms with van der Waals surface area (Å²) in [7, 11) is -4.99. The fourth-order valence-corrected chi connectivity index (χ4v) is 4.50. The first-order valence-electron chi connectivity index (χ1n) is 8.39. The van der Waals surface area contributed by atoms with Crippen molar-refractivity contribution in [2.45, 2.75) is 4.90 Å². The molecule has 1 amide bonds. The third kappa shape index (κ3) is 5.20. The molecule has 0 aliphatic carbocycles. The number of nitro benzene ring substituents is 1. The zero-order valence-corrected chi connectivity index (χ0v) is 17.8. The van der Waals surface area contributed by atoms with Crippen molar-refractivity contribution in [3.05, 3.63) is 28.3 Å². The van der Waals surface area contributed by atoms with Crippen LogP contribution in [-0.2, 0) is 24.8 Å². The molecule has 0 spiro atoms.